The Labute approximate surface area is 554 Å². The molecule has 0 fully saturated rings. The minimum atomic E-state index is -1.88. The van der Waals surface area contributed by atoms with E-state index >= 15 is 0 Å². The molecule has 0 spiro atoms. The SMILES string of the molecule is CCC(CC)(c1ccc(CCC(O[Si](C)(C)C(C)(C)C)C(C)(C)C)c(C)c1)c1ccc(-c2ccc(CCC(=O)OC)o2)c(C)c1.CCOC(=O)/C=C/c1ccc(-c2ccc(C(CC)(CC)c3ccc(CCC(O[Si](C)(C)C(C)(C)C)C(C)(C)C)c(C)c3)cc2C)o1. The minimum Gasteiger partial charge on any atom is -0.469 e. The summed E-state index contributed by atoms with van der Waals surface area (Å²) in [5.41, 5.74) is 15.5. The number of carbonyl (C=O) groups is 2. The van der Waals surface area contributed by atoms with Crippen LogP contribution < -0.4 is 0 Å². The van der Waals surface area contributed by atoms with Crippen LogP contribution in [0.15, 0.2) is 112 Å². The fourth-order valence-corrected chi connectivity index (χ4v) is 15.5. The lowest BCUT2D eigenvalue weighted by atomic mass is 9.69. The van der Waals surface area contributed by atoms with E-state index in [0.29, 0.717) is 25.2 Å². The van der Waals surface area contributed by atoms with E-state index in [-0.39, 0.29) is 55.9 Å². The first-order valence-corrected chi connectivity index (χ1v) is 40.0. The molecule has 2 unspecified atom stereocenters. The van der Waals surface area contributed by atoms with Crippen LogP contribution in [0, 0.1) is 38.5 Å². The van der Waals surface area contributed by atoms with Crippen molar-refractivity contribution in [1.82, 2.24) is 0 Å². The number of aryl methyl sites for hydroxylation is 7. The van der Waals surface area contributed by atoms with Crippen molar-refractivity contribution in [3.8, 4) is 22.6 Å². The third-order valence-electron chi connectivity index (χ3n) is 20.8. The molecule has 0 amide bonds. The average Bonchev–Trinajstić information content (AvgIpc) is 1.16. The van der Waals surface area contributed by atoms with Crippen molar-refractivity contribution >= 4 is 34.6 Å². The Bertz CT molecular complexity index is 3370. The van der Waals surface area contributed by atoms with Crippen molar-refractivity contribution in [3.63, 3.8) is 0 Å². The highest BCUT2D eigenvalue weighted by molar-refractivity contribution is 6.74. The number of hydrogen-bond donors (Lipinski definition) is 0. The van der Waals surface area contributed by atoms with E-state index in [1.165, 1.54) is 68.8 Å². The molecule has 500 valence electrons. The molecule has 2 atom stereocenters. The Balaban J connectivity index is 0.000000331. The molecule has 6 aromatic rings. The van der Waals surface area contributed by atoms with Crippen molar-refractivity contribution in [3.05, 3.63) is 170 Å². The molecule has 0 saturated carbocycles. The number of esters is 2. The highest BCUT2D eigenvalue weighted by atomic mass is 28.4. The van der Waals surface area contributed by atoms with Gasteiger partial charge in [-0.2, -0.15) is 0 Å². The number of furan rings is 2. The van der Waals surface area contributed by atoms with Crippen LogP contribution in [0.2, 0.25) is 36.3 Å². The largest absolute Gasteiger partial charge is 0.469 e. The van der Waals surface area contributed by atoms with Crippen LogP contribution in [0.4, 0.5) is 0 Å². The number of ether oxygens (including phenoxy) is 2. The molecule has 0 saturated heterocycles. The van der Waals surface area contributed by atoms with Crippen LogP contribution in [0.3, 0.4) is 0 Å². The smallest absolute Gasteiger partial charge is 0.330 e. The monoisotopic (exact) mass is 1280 g/mol. The second-order valence-corrected chi connectivity index (χ2v) is 40.6. The van der Waals surface area contributed by atoms with Gasteiger partial charge >= 0.3 is 11.9 Å². The molecule has 0 aliphatic heterocycles. The molecule has 2 aromatic heterocycles. The predicted octanol–water partition coefficient (Wildman–Crippen LogP) is 22.8. The van der Waals surface area contributed by atoms with Crippen molar-refractivity contribution in [2.24, 2.45) is 10.8 Å². The third-order valence-corrected chi connectivity index (χ3v) is 29.8. The highest BCUT2D eigenvalue weighted by Gasteiger charge is 2.43. The zero-order valence-corrected chi connectivity index (χ0v) is 63.6. The minimum absolute atomic E-state index is 0.0686. The maximum absolute atomic E-state index is 11.7. The predicted molar refractivity (Wildman–Crippen MR) is 389 cm³/mol. The first kappa shape index (κ1) is 76.2. The molecule has 91 heavy (non-hydrogen) atoms. The van der Waals surface area contributed by atoms with Gasteiger partial charge in [-0.05, 0) is 219 Å². The summed E-state index contributed by atoms with van der Waals surface area (Å²) in [6.45, 7) is 57.6. The Kier molecular flexibility index (Phi) is 26.1. The molecule has 8 nitrogen and oxygen atoms in total. The molecule has 4 aromatic carbocycles. The standard InChI is InChI=1S/C41H60O4Si.C40H60O4Si/c1-14-41(15-2,33-20-23-35(30(5)28-33)36-24-21-34(44-36)22-26-38(42)43-16-3)32-19-17-31(29(4)27-32)18-25-37(39(6,7)8)45-46(12,13)40(9,10)11;1-14-40(15-2,32-19-22-34(29(4)27-32)35-23-20-33(43-35)21-25-37(41)42-11)31-18-16-30(28(3)26-31)17-24-36(38(5,6)7)44-45(12,13)39(8,9)10/h17,19-24,26-28,37H,14-16,18,25H2,1-13H3;16,18-20,22-23,26-27,36H,14-15,17,21,24-25H2,1-13H3/b26-22+;. The summed E-state index contributed by atoms with van der Waals surface area (Å²) < 4.78 is 35.9. The lowest BCUT2D eigenvalue weighted by Crippen LogP contribution is -2.47. The normalized spacial score (nSPS) is 13.7. The first-order chi connectivity index (χ1) is 42.3. The summed E-state index contributed by atoms with van der Waals surface area (Å²) in [5, 5.41) is 0.388. The summed E-state index contributed by atoms with van der Waals surface area (Å²) in [6.07, 6.45) is 12.5. The van der Waals surface area contributed by atoms with Gasteiger partial charge in [0.2, 0.25) is 0 Å². The molecule has 0 aliphatic rings. The van der Waals surface area contributed by atoms with E-state index in [2.05, 4.69) is 237 Å². The number of methoxy groups -OCH3 is 1. The van der Waals surface area contributed by atoms with E-state index in [1.807, 2.05) is 24.3 Å². The molecular weight excluding hydrogens is 1160 g/mol. The van der Waals surface area contributed by atoms with E-state index < -0.39 is 16.6 Å². The van der Waals surface area contributed by atoms with Crippen LogP contribution in [0.25, 0.3) is 28.7 Å². The van der Waals surface area contributed by atoms with Gasteiger partial charge in [-0.1, -0.05) is 184 Å². The van der Waals surface area contributed by atoms with Gasteiger partial charge in [0.1, 0.15) is 23.0 Å². The zero-order chi connectivity index (χ0) is 68.3. The number of carbonyl (C=O) groups excluding carboxylic acids is 2. The highest BCUT2D eigenvalue weighted by Crippen LogP contribution is 2.46. The summed E-state index contributed by atoms with van der Waals surface area (Å²) in [6, 6.07) is 35.8. The maximum atomic E-state index is 11.7. The lowest BCUT2D eigenvalue weighted by Gasteiger charge is -2.43. The van der Waals surface area contributed by atoms with Gasteiger partial charge < -0.3 is 27.2 Å². The average molecular weight is 1280 g/mol. The van der Waals surface area contributed by atoms with E-state index in [1.54, 1.807) is 13.0 Å². The Morgan fingerprint density at radius 2 is 0.879 bits per heavy atom. The lowest BCUT2D eigenvalue weighted by molar-refractivity contribution is -0.140. The fourth-order valence-electron chi connectivity index (χ4n) is 12.4. The molecule has 0 radical (unpaired) electrons. The van der Waals surface area contributed by atoms with Crippen LogP contribution in [0.1, 0.15) is 230 Å². The van der Waals surface area contributed by atoms with Crippen LogP contribution in [-0.2, 0) is 58.0 Å². The second-order valence-electron chi connectivity index (χ2n) is 31.1. The Morgan fingerprint density at radius 3 is 1.23 bits per heavy atom. The Hall–Kier alpha value is -5.53. The van der Waals surface area contributed by atoms with Gasteiger partial charge in [0.25, 0.3) is 0 Å². The van der Waals surface area contributed by atoms with Crippen molar-refractivity contribution in [1.29, 1.82) is 0 Å². The van der Waals surface area contributed by atoms with Crippen molar-refractivity contribution < 1.29 is 36.7 Å². The van der Waals surface area contributed by atoms with Crippen molar-refractivity contribution in [2.75, 3.05) is 13.7 Å². The topological polar surface area (TPSA) is 97.3 Å². The second kappa shape index (κ2) is 31.1. The molecule has 0 aliphatic carbocycles. The van der Waals surface area contributed by atoms with Crippen molar-refractivity contribution in [2.45, 2.75) is 269 Å². The van der Waals surface area contributed by atoms with E-state index in [9.17, 15) is 9.59 Å². The molecule has 0 N–H and O–H groups in total. The van der Waals surface area contributed by atoms with Gasteiger partial charge in [-0.3, -0.25) is 4.79 Å². The van der Waals surface area contributed by atoms with E-state index in [0.717, 1.165) is 79.8 Å². The van der Waals surface area contributed by atoms with Gasteiger partial charge in [0, 0.05) is 34.5 Å². The molecule has 2 heterocycles. The van der Waals surface area contributed by atoms with Gasteiger partial charge in [-0.15, -0.1) is 0 Å². The van der Waals surface area contributed by atoms with Gasteiger partial charge in [0.05, 0.1) is 32.3 Å². The number of benzene rings is 4. The van der Waals surface area contributed by atoms with Gasteiger partial charge in [-0.25, -0.2) is 4.79 Å². The molecule has 0 bridgehead atoms. The van der Waals surface area contributed by atoms with Gasteiger partial charge in [0.15, 0.2) is 16.6 Å². The third kappa shape index (κ3) is 19.1. The van der Waals surface area contributed by atoms with Crippen LogP contribution in [-0.4, -0.2) is 54.5 Å². The van der Waals surface area contributed by atoms with Crippen LogP contribution >= 0.6 is 0 Å². The molecular formula is C81H120O8Si2. The molecule has 6 rings (SSSR count). The first-order valence-electron chi connectivity index (χ1n) is 34.2. The number of rotatable bonds is 26. The zero-order valence-electron chi connectivity index (χ0n) is 61.6. The summed E-state index contributed by atoms with van der Waals surface area (Å²) in [7, 11) is -2.33. The van der Waals surface area contributed by atoms with E-state index in [4.69, 9.17) is 27.2 Å². The maximum Gasteiger partial charge on any atom is 0.330 e. The fraction of sp³-hybridized carbons (Fsp3) is 0.556. The summed E-state index contributed by atoms with van der Waals surface area (Å²) >= 11 is 0. The number of hydrogen-bond acceptors (Lipinski definition) is 8. The Morgan fingerprint density at radius 1 is 0.495 bits per heavy atom. The quantitative estimate of drug-likeness (QED) is 0.0301. The summed E-state index contributed by atoms with van der Waals surface area (Å²) in [5.74, 6) is 2.45. The molecule has 10 heteroatoms. The summed E-state index contributed by atoms with van der Waals surface area (Å²) in [4.78, 5) is 23.3. The van der Waals surface area contributed by atoms with Crippen LogP contribution in [0.5, 0.6) is 0 Å².